The Morgan fingerprint density at radius 3 is 2.30 bits per heavy atom. The van der Waals surface area contributed by atoms with Crippen molar-refractivity contribution in [2.75, 3.05) is 5.75 Å². The molecule has 5 rings (SSSR count). The summed E-state index contributed by atoms with van der Waals surface area (Å²) in [6, 6.07) is 16.1. The fraction of sp³-hybridized carbons (Fsp3) is 0.424. The molecule has 4 atom stereocenters. The number of sulfone groups is 1. The Balaban J connectivity index is 1.68. The minimum atomic E-state index is -3.63. The van der Waals surface area contributed by atoms with Crippen molar-refractivity contribution in [1.29, 1.82) is 0 Å². The Morgan fingerprint density at radius 2 is 1.75 bits per heavy atom. The predicted molar refractivity (Wildman–Crippen MR) is 170 cm³/mol. The Bertz CT molecular complexity index is 1650. The van der Waals surface area contributed by atoms with Crippen molar-refractivity contribution in [1.82, 2.24) is 9.88 Å². The zero-order valence-corrected chi connectivity index (χ0v) is 27.4. The first kappa shape index (κ1) is 32.4. The van der Waals surface area contributed by atoms with Crippen LogP contribution in [0.5, 0.6) is 0 Å². The Labute approximate surface area is 268 Å². The van der Waals surface area contributed by atoms with Gasteiger partial charge >= 0.3 is 5.97 Å². The second kappa shape index (κ2) is 12.1. The maximum Gasteiger partial charge on any atom is 0.337 e. The van der Waals surface area contributed by atoms with Gasteiger partial charge in [-0.15, -0.1) is 0 Å². The van der Waals surface area contributed by atoms with Gasteiger partial charge in [-0.1, -0.05) is 47.5 Å². The number of halogens is 2. The molecule has 1 saturated carbocycles. The highest BCUT2D eigenvalue weighted by atomic mass is 35.5. The molecule has 2 heterocycles. The lowest BCUT2D eigenvalue weighted by Crippen LogP contribution is -2.62. The van der Waals surface area contributed by atoms with Crippen LogP contribution < -0.4 is 0 Å². The summed E-state index contributed by atoms with van der Waals surface area (Å²) in [7, 11) is -3.63. The molecular weight excluding hydrogens is 623 g/mol. The van der Waals surface area contributed by atoms with E-state index in [1.807, 2.05) is 24.3 Å². The van der Waals surface area contributed by atoms with Gasteiger partial charge in [0.25, 0.3) is 5.91 Å². The van der Waals surface area contributed by atoms with Gasteiger partial charge in [0.15, 0.2) is 15.4 Å². The van der Waals surface area contributed by atoms with Crippen molar-refractivity contribution in [3.05, 3.63) is 99.3 Å². The summed E-state index contributed by atoms with van der Waals surface area (Å²) in [5, 5.41) is 10.4. The van der Waals surface area contributed by atoms with E-state index in [4.69, 9.17) is 27.9 Å². The highest BCUT2D eigenvalue weighted by molar-refractivity contribution is 7.92. The third kappa shape index (κ3) is 6.66. The van der Waals surface area contributed by atoms with Crippen molar-refractivity contribution >= 4 is 44.9 Å². The number of benzene rings is 2. The number of ether oxygens (including phenoxy) is 1. The summed E-state index contributed by atoms with van der Waals surface area (Å²) in [6.07, 6.45) is 2.17. The zero-order valence-electron chi connectivity index (χ0n) is 25.0. The van der Waals surface area contributed by atoms with Gasteiger partial charge in [-0.3, -0.25) is 9.78 Å². The van der Waals surface area contributed by atoms with E-state index in [0.29, 0.717) is 15.7 Å². The van der Waals surface area contributed by atoms with E-state index in [1.165, 1.54) is 12.3 Å². The molecule has 0 radical (unpaired) electrons. The molecule has 1 aromatic heterocycles. The van der Waals surface area contributed by atoms with E-state index in [9.17, 15) is 23.1 Å². The second-order valence-corrected chi connectivity index (χ2v) is 16.5. The lowest BCUT2D eigenvalue weighted by atomic mass is 9.85. The van der Waals surface area contributed by atoms with Crippen LogP contribution in [0.3, 0.4) is 0 Å². The molecule has 1 aliphatic carbocycles. The van der Waals surface area contributed by atoms with Crippen molar-refractivity contribution in [2.45, 2.75) is 75.5 Å². The predicted octanol–water partition coefficient (Wildman–Crippen LogP) is 6.72. The largest absolute Gasteiger partial charge is 0.478 e. The molecule has 1 saturated heterocycles. The number of hydrogen-bond donors (Lipinski definition) is 1. The summed E-state index contributed by atoms with van der Waals surface area (Å²) in [6.45, 7) is 6.72. The first-order valence-electron chi connectivity index (χ1n) is 14.5. The van der Waals surface area contributed by atoms with Crippen LogP contribution in [0.2, 0.25) is 10.0 Å². The van der Waals surface area contributed by atoms with Crippen LogP contribution in [0.25, 0.3) is 0 Å². The van der Waals surface area contributed by atoms with Crippen LogP contribution in [0.4, 0.5) is 0 Å². The molecule has 1 aliphatic heterocycles. The number of amides is 1. The monoisotopic (exact) mass is 658 g/mol. The molecule has 0 bridgehead atoms. The van der Waals surface area contributed by atoms with E-state index >= 15 is 0 Å². The molecule has 234 valence electrons. The number of carbonyl (C=O) groups is 2. The minimum Gasteiger partial charge on any atom is -0.478 e. The number of pyridine rings is 1. The van der Waals surface area contributed by atoms with Crippen LogP contribution >= 0.6 is 23.2 Å². The van der Waals surface area contributed by atoms with Gasteiger partial charge in [-0.2, -0.15) is 0 Å². The molecule has 2 fully saturated rings. The van der Waals surface area contributed by atoms with E-state index < -0.39 is 44.3 Å². The highest BCUT2D eigenvalue weighted by Crippen LogP contribution is 2.50. The summed E-state index contributed by atoms with van der Waals surface area (Å²) in [5.41, 5.74) is 0.496. The number of aromatic nitrogens is 1. The standard InChI is InChI=1S/C33H36Cl2N2O6S/c1-32(2,3)44(41,42)19-27(20-8-9-20)37-28(21-10-13-24(34)14-11-21)29(22-6-5-7-25(35)16-22)43-33(4,31(37)40)17-26-15-12-23(18-36-26)30(38)39/h5-7,10-16,18,20,27-29H,8-9,17,19H2,1-4H3,(H,38,39)/t27?,28?,29?,33-/m1/s1. The van der Waals surface area contributed by atoms with Crippen LogP contribution in [-0.2, 0) is 25.8 Å². The molecule has 2 aromatic carbocycles. The number of morpholine rings is 1. The number of carboxylic acids is 1. The quantitative estimate of drug-likeness (QED) is 0.271. The number of carboxylic acid groups (broad SMARTS) is 1. The van der Waals surface area contributed by atoms with Gasteiger partial charge in [-0.05, 0) is 94.0 Å². The van der Waals surface area contributed by atoms with Crippen LogP contribution in [0.1, 0.15) is 79.9 Å². The lowest BCUT2D eigenvalue weighted by molar-refractivity contribution is -0.202. The van der Waals surface area contributed by atoms with E-state index in [2.05, 4.69) is 4.98 Å². The van der Waals surface area contributed by atoms with Crippen molar-refractivity contribution < 1.29 is 27.9 Å². The molecule has 8 nitrogen and oxygen atoms in total. The fourth-order valence-corrected chi connectivity index (χ4v) is 7.45. The van der Waals surface area contributed by atoms with E-state index in [0.717, 1.165) is 24.0 Å². The average Bonchev–Trinajstić information content (AvgIpc) is 3.79. The van der Waals surface area contributed by atoms with Crippen molar-refractivity contribution in [2.24, 2.45) is 5.92 Å². The number of carbonyl (C=O) groups excluding carboxylic acids is 1. The normalized spacial score (nSPS) is 23.4. The van der Waals surface area contributed by atoms with Crippen molar-refractivity contribution in [3.8, 4) is 0 Å². The van der Waals surface area contributed by atoms with Gasteiger partial charge in [0.2, 0.25) is 0 Å². The van der Waals surface area contributed by atoms with Crippen LogP contribution in [0.15, 0.2) is 66.9 Å². The maximum atomic E-state index is 14.9. The lowest BCUT2D eigenvalue weighted by Gasteiger charge is -2.52. The summed E-state index contributed by atoms with van der Waals surface area (Å²) in [4.78, 5) is 32.3. The summed E-state index contributed by atoms with van der Waals surface area (Å²) >= 11 is 12.7. The number of aromatic carboxylic acids is 1. The molecule has 1 amide bonds. The molecule has 11 heteroatoms. The Hall–Kier alpha value is -2.98. The Morgan fingerprint density at radius 1 is 1.07 bits per heavy atom. The third-order valence-electron chi connectivity index (χ3n) is 8.49. The highest BCUT2D eigenvalue weighted by Gasteiger charge is 2.56. The average molecular weight is 660 g/mol. The fourth-order valence-electron chi connectivity index (χ4n) is 5.74. The number of hydrogen-bond acceptors (Lipinski definition) is 6. The van der Waals surface area contributed by atoms with Gasteiger partial charge in [0.1, 0.15) is 6.10 Å². The van der Waals surface area contributed by atoms with Crippen LogP contribution in [0, 0.1) is 5.92 Å². The molecule has 0 spiro atoms. The SMILES string of the molecule is CC(C)(C)S(=O)(=O)CC(C1CC1)N1C(=O)[C@@](C)(Cc2ccc(C(=O)O)cn2)OC(c2cccc(Cl)c2)C1c1ccc(Cl)cc1. The first-order chi connectivity index (χ1) is 20.6. The molecule has 3 aromatic rings. The Kier molecular flexibility index (Phi) is 8.90. The summed E-state index contributed by atoms with van der Waals surface area (Å²) in [5.74, 6) is -1.66. The van der Waals surface area contributed by atoms with E-state index in [1.54, 1.807) is 62.9 Å². The van der Waals surface area contributed by atoms with Crippen molar-refractivity contribution in [3.63, 3.8) is 0 Å². The molecule has 3 unspecified atom stereocenters. The molecule has 2 aliphatic rings. The van der Waals surface area contributed by atoms with Gasteiger partial charge in [-0.25, -0.2) is 13.2 Å². The smallest absolute Gasteiger partial charge is 0.337 e. The maximum absolute atomic E-state index is 14.9. The second-order valence-electron chi connectivity index (χ2n) is 12.9. The van der Waals surface area contributed by atoms with Gasteiger partial charge < -0.3 is 14.7 Å². The van der Waals surface area contributed by atoms with Crippen LogP contribution in [-0.4, -0.2) is 57.4 Å². The number of rotatable bonds is 9. The minimum absolute atomic E-state index is 0.00112. The molecule has 1 N–H and O–H groups in total. The number of nitrogens with zero attached hydrogens (tertiary/aromatic N) is 2. The molecular formula is C33H36Cl2N2O6S. The van der Waals surface area contributed by atoms with E-state index in [-0.39, 0.29) is 29.6 Å². The topological polar surface area (TPSA) is 114 Å². The zero-order chi connectivity index (χ0) is 32.0. The third-order valence-corrected chi connectivity index (χ3v) is 11.6. The first-order valence-corrected chi connectivity index (χ1v) is 16.9. The van der Waals surface area contributed by atoms with Gasteiger partial charge in [0.05, 0.1) is 22.1 Å². The summed E-state index contributed by atoms with van der Waals surface area (Å²) < 4.78 is 33.2. The van der Waals surface area contributed by atoms with Gasteiger partial charge in [0, 0.05) is 34.4 Å². The molecule has 44 heavy (non-hydrogen) atoms.